The Kier molecular flexibility index (Phi) is 4.95. The minimum absolute atomic E-state index is 0.0259. The Morgan fingerprint density at radius 1 is 1.57 bits per heavy atom. The van der Waals surface area contributed by atoms with E-state index in [1.165, 1.54) is 0 Å². The second-order valence-electron chi connectivity index (χ2n) is 5.24. The fraction of sp³-hybridized carbons (Fsp3) is 0.643. The predicted molar refractivity (Wildman–Crippen MR) is 74.5 cm³/mol. The van der Waals surface area contributed by atoms with Crippen molar-refractivity contribution in [1.29, 1.82) is 0 Å². The summed E-state index contributed by atoms with van der Waals surface area (Å²) >= 11 is 0. The number of aliphatic carboxylic acids is 1. The van der Waals surface area contributed by atoms with E-state index >= 15 is 0 Å². The maximum absolute atomic E-state index is 12.4. The first-order valence-electron chi connectivity index (χ1n) is 7.05. The summed E-state index contributed by atoms with van der Waals surface area (Å²) in [5.74, 6) is -1.52. The number of carboxylic acid groups (broad SMARTS) is 1. The number of hydrogen-bond donors (Lipinski definition) is 1. The average molecular weight is 295 g/mol. The molecule has 2 rings (SSSR count). The lowest BCUT2D eigenvalue weighted by Crippen LogP contribution is -2.41. The number of amides is 1. The number of carbonyl (C=O) groups is 2. The van der Waals surface area contributed by atoms with Crippen molar-refractivity contribution >= 4 is 11.9 Å². The van der Waals surface area contributed by atoms with Gasteiger partial charge in [0.15, 0.2) is 0 Å². The van der Waals surface area contributed by atoms with Crippen LogP contribution in [-0.4, -0.2) is 51.9 Å². The average Bonchev–Trinajstić information content (AvgIpc) is 2.78. The number of carbonyl (C=O) groups excluding carboxylic acids is 1. The van der Waals surface area contributed by atoms with Gasteiger partial charge in [0.2, 0.25) is 5.91 Å². The van der Waals surface area contributed by atoms with E-state index in [0.717, 1.165) is 5.69 Å². The van der Waals surface area contributed by atoms with Gasteiger partial charge in [-0.2, -0.15) is 5.10 Å². The third-order valence-electron chi connectivity index (χ3n) is 3.96. The maximum atomic E-state index is 12.4. The van der Waals surface area contributed by atoms with Crippen LogP contribution in [0.3, 0.4) is 0 Å². The Morgan fingerprint density at radius 3 is 2.90 bits per heavy atom. The molecule has 0 aliphatic carbocycles. The van der Waals surface area contributed by atoms with E-state index in [4.69, 9.17) is 4.74 Å². The quantitative estimate of drug-likeness (QED) is 0.869. The fourth-order valence-corrected chi connectivity index (χ4v) is 2.90. The molecule has 7 nitrogen and oxygen atoms in total. The molecule has 0 saturated carbocycles. The number of aromatic nitrogens is 2. The largest absolute Gasteiger partial charge is 0.481 e. The van der Waals surface area contributed by atoms with Crippen LogP contribution in [0.1, 0.15) is 31.0 Å². The van der Waals surface area contributed by atoms with E-state index in [2.05, 4.69) is 5.10 Å². The van der Waals surface area contributed by atoms with Gasteiger partial charge >= 0.3 is 5.97 Å². The molecule has 7 heteroatoms. The molecule has 1 fully saturated rings. The molecule has 116 valence electrons. The first-order valence-corrected chi connectivity index (χ1v) is 7.05. The van der Waals surface area contributed by atoms with E-state index in [1.807, 2.05) is 0 Å². The number of methoxy groups -OCH3 is 1. The number of carboxylic acids is 1. The van der Waals surface area contributed by atoms with E-state index in [1.54, 1.807) is 36.0 Å². The van der Waals surface area contributed by atoms with Gasteiger partial charge in [0, 0.05) is 33.3 Å². The summed E-state index contributed by atoms with van der Waals surface area (Å²) in [5, 5.41) is 13.7. The van der Waals surface area contributed by atoms with Crippen molar-refractivity contribution < 1.29 is 19.4 Å². The minimum atomic E-state index is -0.877. The molecule has 1 N–H and O–H groups in total. The second-order valence-corrected chi connectivity index (χ2v) is 5.24. The Hall–Kier alpha value is -1.89. The Labute approximate surface area is 123 Å². The van der Waals surface area contributed by atoms with Crippen LogP contribution < -0.4 is 0 Å². The third-order valence-corrected chi connectivity index (χ3v) is 3.96. The van der Waals surface area contributed by atoms with Gasteiger partial charge in [-0.05, 0) is 18.9 Å². The molecule has 2 atom stereocenters. The zero-order valence-electron chi connectivity index (χ0n) is 12.4. The highest BCUT2D eigenvalue weighted by Gasteiger charge is 2.39. The van der Waals surface area contributed by atoms with Crippen LogP contribution in [0.4, 0.5) is 0 Å². The fourth-order valence-electron chi connectivity index (χ4n) is 2.90. The Morgan fingerprint density at radius 2 is 2.33 bits per heavy atom. The summed E-state index contributed by atoms with van der Waals surface area (Å²) in [6.07, 6.45) is 3.08. The lowest BCUT2D eigenvalue weighted by Gasteiger charge is -2.33. The van der Waals surface area contributed by atoms with Crippen molar-refractivity contribution in [3.05, 3.63) is 18.0 Å². The topological polar surface area (TPSA) is 84.7 Å². The summed E-state index contributed by atoms with van der Waals surface area (Å²) in [4.78, 5) is 25.6. The molecule has 0 radical (unpaired) electrons. The van der Waals surface area contributed by atoms with Crippen LogP contribution in [0.2, 0.25) is 0 Å². The highest BCUT2D eigenvalue weighted by atomic mass is 16.5. The lowest BCUT2D eigenvalue weighted by molar-refractivity contribution is -0.146. The van der Waals surface area contributed by atoms with E-state index < -0.39 is 17.9 Å². The first kappa shape index (κ1) is 15.5. The molecule has 1 amide bonds. The van der Waals surface area contributed by atoms with Crippen LogP contribution in [-0.2, 0) is 21.4 Å². The van der Waals surface area contributed by atoms with E-state index in [0.29, 0.717) is 32.4 Å². The molecule has 1 aromatic rings. The summed E-state index contributed by atoms with van der Waals surface area (Å²) in [6, 6.07) is 1.28. The number of aryl methyl sites for hydroxylation is 1. The Balaban J connectivity index is 2.41. The number of ether oxygens (including phenoxy) is 1. The van der Waals surface area contributed by atoms with Crippen molar-refractivity contribution in [1.82, 2.24) is 14.7 Å². The monoisotopic (exact) mass is 295 g/mol. The van der Waals surface area contributed by atoms with Gasteiger partial charge in [-0.1, -0.05) is 0 Å². The van der Waals surface area contributed by atoms with Gasteiger partial charge in [0.1, 0.15) is 0 Å². The van der Waals surface area contributed by atoms with Gasteiger partial charge in [-0.3, -0.25) is 14.3 Å². The maximum Gasteiger partial charge on any atom is 0.309 e. The number of likely N-dealkylation sites (tertiary alicyclic amines) is 1. The third kappa shape index (κ3) is 3.24. The van der Waals surface area contributed by atoms with Crippen molar-refractivity contribution in [3.8, 4) is 0 Å². The minimum Gasteiger partial charge on any atom is -0.481 e. The van der Waals surface area contributed by atoms with Gasteiger partial charge in [0.05, 0.1) is 24.3 Å². The molecule has 2 unspecified atom stereocenters. The van der Waals surface area contributed by atoms with Gasteiger partial charge in [0.25, 0.3) is 0 Å². The van der Waals surface area contributed by atoms with Crippen molar-refractivity contribution in [2.45, 2.75) is 25.3 Å². The van der Waals surface area contributed by atoms with Crippen LogP contribution in [0.15, 0.2) is 12.3 Å². The van der Waals surface area contributed by atoms with Crippen LogP contribution in [0, 0.1) is 5.92 Å². The smallest absolute Gasteiger partial charge is 0.309 e. The van der Waals surface area contributed by atoms with Crippen molar-refractivity contribution in [3.63, 3.8) is 0 Å². The van der Waals surface area contributed by atoms with E-state index in [9.17, 15) is 14.7 Å². The molecule has 21 heavy (non-hydrogen) atoms. The predicted octanol–water partition coefficient (Wildman–Crippen LogP) is 0.821. The number of hydrogen-bond acceptors (Lipinski definition) is 4. The molecule has 1 saturated heterocycles. The summed E-state index contributed by atoms with van der Waals surface area (Å²) in [7, 11) is 3.33. The van der Waals surface area contributed by atoms with Gasteiger partial charge in [-0.25, -0.2) is 0 Å². The zero-order chi connectivity index (χ0) is 15.4. The lowest BCUT2D eigenvalue weighted by atomic mass is 9.92. The van der Waals surface area contributed by atoms with Crippen molar-refractivity contribution in [2.24, 2.45) is 13.0 Å². The van der Waals surface area contributed by atoms with Crippen LogP contribution >= 0.6 is 0 Å². The molecule has 0 spiro atoms. The number of rotatable bonds is 5. The van der Waals surface area contributed by atoms with Crippen molar-refractivity contribution in [2.75, 3.05) is 20.3 Å². The number of nitrogens with zero attached hydrogens (tertiary/aromatic N) is 3. The SMILES string of the molecule is COCCN1C(=O)CCCC(C(=O)O)C1c1ccnn1C. The molecule has 0 aromatic carbocycles. The highest BCUT2D eigenvalue weighted by molar-refractivity contribution is 5.79. The molecule has 1 aliphatic heterocycles. The first-order chi connectivity index (χ1) is 10.1. The van der Waals surface area contributed by atoms with Gasteiger partial charge in [-0.15, -0.1) is 0 Å². The van der Waals surface area contributed by atoms with Crippen LogP contribution in [0.5, 0.6) is 0 Å². The summed E-state index contributed by atoms with van der Waals surface area (Å²) < 4.78 is 6.70. The summed E-state index contributed by atoms with van der Waals surface area (Å²) in [5.41, 5.74) is 0.744. The van der Waals surface area contributed by atoms with Gasteiger partial charge < -0.3 is 14.7 Å². The molecule has 2 heterocycles. The van der Waals surface area contributed by atoms with E-state index in [-0.39, 0.29) is 5.91 Å². The second kappa shape index (κ2) is 6.71. The molecule has 0 bridgehead atoms. The standard InChI is InChI=1S/C14H21N3O4/c1-16-11(6-7-15-16)13-10(14(19)20)4-3-5-12(18)17(13)8-9-21-2/h6-7,10,13H,3-5,8-9H2,1-2H3,(H,19,20). The normalized spacial score (nSPS) is 23.1. The molecular weight excluding hydrogens is 274 g/mol. The molecular formula is C14H21N3O4. The molecule has 1 aliphatic rings. The molecule has 1 aromatic heterocycles. The Bertz CT molecular complexity index is 514. The zero-order valence-corrected chi connectivity index (χ0v) is 12.4. The van der Waals surface area contributed by atoms with Crippen LogP contribution in [0.25, 0.3) is 0 Å². The highest BCUT2D eigenvalue weighted by Crippen LogP contribution is 2.35. The summed E-state index contributed by atoms with van der Waals surface area (Å²) in [6.45, 7) is 0.765.